The van der Waals surface area contributed by atoms with Crippen LogP contribution in [0.4, 0.5) is 0 Å². The summed E-state index contributed by atoms with van der Waals surface area (Å²) >= 11 is 0. The summed E-state index contributed by atoms with van der Waals surface area (Å²) in [7, 11) is 0. The van der Waals surface area contributed by atoms with Gasteiger partial charge in [0.2, 0.25) is 0 Å². The Labute approximate surface area is 189 Å². The van der Waals surface area contributed by atoms with Crippen LogP contribution in [0.3, 0.4) is 0 Å². The highest BCUT2D eigenvalue weighted by atomic mass is 16.6. The van der Waals surface area contributed by atoms with Gasteiger partial charge in [0.25, 0.3) is 0 Å². The summed E-state index contributed by atoms with van der Waals surface area (Å²) in [5.74, 6) is 0.528. The highest BCUT2D eigenvalue weighted by molar-refractivity contribution is 5.81. The smallest absolute Gasteiger partial charge is 0.330 e. The van der Waals surface area contributed by atoms with Crippen molar-refractivity contribution < 1.29 is 28.5 Å². The molecule has 6 nitrogen and oxygen atoms in total. The van der Waals surface area contributed by atoms with Crippen molar-refractivity contribution in [3.63, 3.8) is 0 Å². The zero-order valence-electron chi connectivity index (χ0n) is 18.7. The minimum atomic E-state index is -0.459. The molecule has 2 aromatic rings. The number of ether oxygens (including phenoxy) is 4. The van der Waals surface area contributed by atoms with Crippen LogP contribution in [-0.2, 0) is 30.9 Å². The second-order valence-electron chi connectivity index (χ2n) is 7.67. The van der Waals surface area contributed by atoms with Gasteiger partial charge in [-0.05, 0) is 47.2 Å². The van der Waals surface area contributed by atoms with Crippen molar-refractivity contribution in [1.82, 2.24) is 0 Å². The van der Waals surface area contributed by atoms with E-state index in [0.717, 1.165) is 30.1 Å². The van der Waals surface area contributed by atoms with Gasteiger partial charge in [0.1, 0.15) is 37.9 Å². The normalized spacial score (nSPS) is 10.7. The molecular formula is C26H30O6. The Morgan fingerprint density at radius 3 is 1.62 bits per heavy atom. The highest BCUT2D eigenvalue weighted by Crippen LogP contribution is 2.29. The SMILES string of the molecule is C=CC(=O)OCCOc1ccc(CC(C)(C)c2ccc(OCCOC(=O)C=C)cc2)cc1. The van der Waals surface area contributed by atoms with E-state index in [1.807, 2.05) is 48.5 Å². The lowest BCUT2D eigenvalue weighted by molar-refractivity contribution is -0.139. The summed E-state index contributed by atoms with van der Waals surface area (Å²) in [6.07, 6.45) is 3.10. The van der Waals surface area contributed by atoms with Gasteiger partial charge in [-0.3, -0.25) is 0 Å². The Bertz CT molecular complexity index is 897. The molecular weight excluding hydrogens is 408 g/mol. The molecule has 0 N–H and O–H groups in total. The summed E-state index contributed by atoms with van der Waals surface area (Å²) in [5.41, 5.74) is 2.29. The van der Waals surface area contributed by atoms with Crippen molar-refractivity contribution in [3.8, 4) is 11.5 Å². The number of rotatable bonds is 13. The first-order valence-electron chi connectivity index (χ1n) is 10.4. The Morgan fingerprint density at radius 1 is 0.750 bits per heavy atom. The van der Waals surface area contributed by atoms with E-state index in [4.69, 9.17) is 18.9 Å². The second-order valence-corrected chi connectivity index (χ2v) is 7.67. The molecule has 0 amide bonds. The minimum absolute atomic E-state index is 0.0840. The highest BCUT2D eigenvalue weighted by Gasteiger charge is 2.21. The molecule has 0 unspecified atom stereocenters. The average molecular weight is 439 g/mol. The molecule has 0 bridgehead atoms. The van der Waals surface area contributed by atoms with Crippen molar-refractivity contribution >= 4 is 11.9 Å². The largest absolute Gasteiger partial charge is 0.490 e. The molecule has 0 spiro atoms. The summed E-state index contributed by atoms with van der Waals surface area (Å²) in [6, 6.07) is 15.8. The summed E-state index contributed by atoms with van der Waals surface area (Å²) in [6.45, 7) is 12.0. The molecule has 0 aromatic heterocycles. The number of carbonyl (C=O) groups excluding carboxylic acids is 2. The molecule has 32 heavy (non-hydrogen) atoms. The monoisotopic (exact) mass is 438 g/mol. The van der Waals surface area contributed by atoms with Crippen molar-refractivity contribution in [2.45, 2.75) is 25.7 Å². The molecule has 0 aliphatic heterocycles. The van der Waals surface area contributed by atoms with Crippen LogP contribution < -0.4 is 9.47 Å². The van der Waals surface area contributed by atoms with Crippen molar-refractivity contribution in [2.24, 2.45) is 0 Å². The topological polar surface area (TPSA) is 71.1 Å². The fourth-order valence-corrected chi connectivity index (χ4v) is 3.04. The first-order chi connectivity index (χ1) is 15.3. The Balaban J connectivity index is 1.83. The Morgan fingerprint density at radius 2 is 1.19 bits per heavy atom. The molecule has 0 aliphatic carbocycles. The molecule has 2 aromatic carbocycles. The third kappa shape index (κ3) is 8.30. The van der Waals surface area contributed by atoms with E-state index in [9.17, 15) is 9.59 Å². The van der Waals surface area contributed by atoms with Crippen LogP contribution in [0, 0.1) is 0 Å². The zero-order valence-corrected chi connectivity index (χ0v) is 18.7. The van der Waals surface area contributed by atoms with Gasteiger partial charge in [0.05, 0.1) is 0 Å². The molecule has 2 rings (SSSR count). The molecule has 0 heterocycles. The van der Waals surface area contributed by atoms with E-state index in [0.29, 0.717) is 0 Å². The van der Waals surface area contributed by atoms with Crippen LogP contribution >= 0.6 is 0 Å². The molecule has 0 saturated heterocycles. The Hall–Kier alpha value is -3.54. The van der Waals surface area contributed by atoms with Crippen LogP contribution in [0.1, 0.15) is 25.0 Å². The quantitative estimate of drug-likeness (QED) is 0.262. The lowest BCUT2D eigenvalue weighted by atomic mass is 9.79. The molecule has 0 aliphatic rings. The molecule has 170 valence electrons. The fourth-order valence-electron chi connectivity index (χ4n) is 3.04. The third-order valence-corrected chi connectivity index (χ3v) is 4.73. The predicted octanol–water partition coefficient (Wildman–Crippen LogP) is 4.42. The number of hydrogen-bond donors (Lipinski definition) is 0. The maximum Gasteiger partial charge on any atom is 0.330 e. The van der Waals surface area contributed by atoms with E-state index in [2.05, 4.69) is 27.0 Å². The van der Waals surface area contributed by atoms with Crippen molar-refractivity contribution in [2.75, 3.05) is 26.4 Å². The number of carbonyl (C=O) groups is 2. The van der Waals surface area contributed by atoms with Crippen LogP contribution in [0.15, 0.2) is 73.8 Å². The predicted molar refractivity (Wildman–Crippen MR) is 123 cm³/mol. The lowest BCUT2D eigenvalue weighted by Gasteiger charge is -2.26. The first kappa shape index (κ1) is 24.7. The van der Waals surface area contributed by atoms with E-state index in [1.165, 1.54) is 11.1 Å². The fraction of sp³-hybridized carbons (Fsp3) is 0.308. The van der Waals surface area contributed by atoms with Crippen LogP contribution in [0.5, 0.6) is 11.5 Å². The molecule has 6 heteroatoms. The van der Waals surface area contributed by atoms with E-state index < -0.39 is 11.9 Å². The molecule has 0 fully saturated rings. The lowest BCUT2D eigenvalue weighted by Crippen LogP contribution is -2.20. The molecule has 0 atom stereocenters. The van der Waals surface area contributed by atoms with Gasteiger partial charge in [-0.15, -0.1) is 0 Å². The summed E-state index contributed by atoms with van der Waals surface area (Å²) < 4.78 is 21.0. The first-order valence-corrected chi connectivity index (χ1v) is 10.4. The zero-order chi connectivity index (χ0) is 23.4. The maximum absolute atomic E-state index is 11.0. The van der Waals surface area contributed by atoms with Crippen molar-refractivity contribution in [3.05, 3.63) is 85.0 Å². The van der Waals surface area contributed by atoms with Gasteiger partial charge >= 0.3 is 11.9 Å². The van der Waals surface area contributed by atoms with Crippen LogP contribution in [0.25, 0.3) is 0 Å². The van der Waals surface area contributed by atoms with Gasteiger partial charge in [-0.25, -0.2) is 9.59 Å². The number of hydrogen-bond acceptors (Lipinski definition) is 6. The van der Waals surface area contributed by atoms with Gasteiger partial charge in [-0.1, -0.05) is 51.3 Å². The number of esters is 2. The number of benzene rings is 2. The second kappa shape index (κ2) is 12.3. The maximum atomic E-state index is 11.0. The van der Waals surface area contributed by atoms with Crippen LogP contribution in [-0.4, -0.2) is 38.4 Å². The van der Waals surface area contributed by atoms with E-state index >= 15 is 0 Å². The summed E-state index contributed by atoms with van der Waals surface area (Å²) in [5, 5.41) is 0. The van der Waals surface area contributed by atoms with Gasteiger partial charge in [0, 0.05) is 12.2 Å². The van der Waals surface area contributed by atoms with E-state index in [-0.39, 0.29) is 31.8 Å². The van der Waals surface area contributed by atoms with Gasteiger partial charge in [0.15, 0.2) is 0 Å². The average Bonchev–Trinajstić information content (AvgIpc) is 2.80. The molecule has 0 radical (unpaired) electrons. The van der Waals surface area contributed by atoms with Crippen molar-refractivity contribution in [1.29, 1.82) is 0 Å². The standard InChI is InChI=1S/C26H30O6/c1-5-24(27)31-17-15-29-22-11-7-20(8-12-22)19-26(3,4)21-9-13-23(14-10-21)30-16-18-32-25(28)6-2/h5-14H,1-2,15-19H2,3-4H3. The third-order valence-electron chi connectivity index (χ3n) is 4.73. The van der Waals surface area contributed by atoms with E-state index in [1.54, 1.807) is 0 Å². The minimum Gasteiger partial charge on any atom is -0.490 e. The summed E-state index contributed by atoms with van der Waals surface area (Å²) in [4.78, 5) is 22.0. The van der Waals surface area contributed by atoms with Gasteiger partial charge in [-0.2, -0.15) is 0 Å². The van der Waals surface area contributed by atoms with Gasteiger partial charge < -0.3 is 18.9 Å². The molecule has 0 saturated carbocycles. The van der Waals surface area contributed by atoms with Crippen LogP contribution in [0.2, 0.25) is 0 Å². The Kier molecular flexibility index (Phi) is 9.54.